The van der Waals surface area contributed by atoms with Crippen LogP contribution in [0, 0.1) is 0 Å². The molecule has 0 spiro atoms. The minimum atomic E-state index is -0.262. The minimum Gasteiger partial charge on any atom is -0.326 e. The first-order chi connectivity index (χ1) is 8.38. The highest BCUT2D eigenvalue weighted by atomic mass is 16.2. The molecule has 0 aromatic heterocycles. The molecule has 3 N–H and O–H groups in total. The molecule has 0 fully saturated rings. The first-order valence-electron chi connectivity index (χ1n) is 5.35. The van der Waals surface area contributed by atoms with Crippen molar-refractivity contribution in [3.63, 3.8) is 0 Å². The second kappa shape index (κ2) is 5.81. The number of rotatable bonds is 3. The maximum atomic E-state index is 11.1. The van der Waals surface area contributed by atoms with Crippen LogP contribution in [-0.4, -0.2) is 17.7 Å². The Labute approximate surface area is 105 Å². The van der Waals surface area contributed by atoms with E-state index in [2.05, 4.69) is 16.0 Å². The summed E-state index contributed by atoms with van der Waals surface area (Å²) in [5.41, 5.74) is 1.45. The lowest BCUT2D eigenvalue weighted by Gasteiger charge is -2.12. The Morgan fingerprint density at radius 2 is 1.28 bits per heavy atom. The lowest BCUT2D eigenvalue weighted by Crippen LogP contribution is -2.13. The number of hydrogen-bond donors (Lipinski definition) is 3. The zero-order valence-corrected chi connectivity index (χ0v) is 10.5. The molecule has 0 unspecified atom stereocenters. The fourth-order valence-corrected chi connectivity index (χ4v) is 1.42. The molecule has 3 amide bonds. The van der Waals surface area contributed by atoms with E-state index >= 15 is 0 Å². The van der Waals surface area contributed by atoms with Crippen LogP contribution in [0.3, 0.4) is 0 Å². The van der Waals surface area contributed by atoms with E-state index in [4.69, 9.17) is 0 Å². The average molecular weight is 249 g/mol. The molecule has 1 aromatic rings. The number of carbonyl (C=O) groups excluding carboxylic acids is 3. The highest BCUT2D eigenvalue weighted by molar-refractivity contribution is 6.00. The summed E-state index contributed by atoms with van der Waals surface area (Å²) in [7, 11) is 0. The molecule has 18 heavy (non-hydrogen) atoms. The van der Waals surface area contributed by atoms with Crippen LogP contribution in [0.1, 0.15) is 20.8 Å². The minimum absolute atomic E-state index is 0.212. The van der Waals surface area contributed by atoms with Gasteiger partial charge in [-0.25, -0.2) is 0 Å². The van der Waals surface area contributed by atoms with Crippen molar-refractivity contribution < 1.29 is 14.4 Å². The van der Waals surface area contributed by atoms with Gasteiger partial charge in [0.25, 0.3) is 0 Å². The highest BCUT2D eigenvalue weighted by Crippen LogP contribution is 2.25. The third-order valence-electron chi connectivity index (χ3n) is 1.96. The normalized spacial score (nSPS) is 9.50. The van der Waals surface area contributed by atoms with Crippen LogP contribution >= 0.6 is 0 Å². The van der Waals surface area contributed by atoms with Gasteiger partial charge >= 0.3 is 0 Å². The summed E-state index contributed by atoms with van der Waals surface area (Å²) in [5.74, 6) is -0.716. The van der Waals surface area contributed by atoms with Crippen molar-refractivity contribution in [1.82, 2.24) is 0 Å². The molecular weight excluding hydrogens is 234 g/mol. The molecule has 0 radical (unpaired) electrons. The summed E-state index contributed by atoms with van der Waals surface area (Å²) < 4.78 is 0. The second-order valence-corrected chi connectivity index (χ2v) is 3.80. The van der Waals surface area contributed by atoms with E-state index in [1.165, 1.54) is 20.8 Å². The number of anilines is 3. The molecule has 0 saturated heterocycles. The van der Waals surface area contributed by atoms with Crippen LogP contribution < -0.4 is 16.0 Å². The van der Waals surface area contributed by atoms with E-state index in [0.717, 1.165) is 0 Å². The van der Waals surface area contributed by atoms with Crippen molar-refractivity contribution in [3.05, 3.63) is 18.2 Å². The van der Waals surface area contributed by atoms with E-state index in [-0.39, 0.29) is 17.7 Å². The van der Waals surface area contributed by atoms with Crippen molar-refractivity contribution >= 4 is 34.8 Å². The number of carbonyl (C=O) groups is 3. The number of benzene rings is 1. The van der Waals surface area contributed by atoms with Gasteiger partial charge in [-0.2, -0.15) is 0 Å². The Hall–Kier alpha value is -2.37. The quantitative estimate of drug-likeness (QED) is 0.759. The van der Waals surface area contributed by atoms with Gasteiger partial charge in [-0.15, -0.1) is 0 Å². The maximum Gasteiger partial charge on any atom is 0.221 e. The summed E-state index contributed by atoms with van der Waals surface area (Å²) in [6, 6.07) is 4.82. The summed E-state index contributed by atoms with van der Waals surface area (Å²) >= 11 is 0. The van der Waals surface area contributed by atoms with Crippen molar-refractivity contribution in [2.24, 2.45) is 0 Å². The van der Waals surface area contributed by atoms with Crippen LogP contribution in [0.4, 0.5) is 17.1 Å². The monoisotopic (exact) mass is 249 g/mol. The Morgan fingerprint density at radius 1 is 0.778 bits per heavy atom. The summed E-state index contributed by atoms with van der Waals surface area (Å²) in [6.45, 7) is 4.13. The summed E-state index contributed by atoms with van der Waals surface area (Å²) in [4.78, 5) is 33.0. The van der Waals surface area contributed by atoms with Crippen LogP contribution in [0.25, 0.3) is 0 Å². The number of amides is 3. The van der Waals surface area contributed by atoms with Crippen LogP contribution in [-0.2, 0) is 14.4 Å². The van der Waals surface area contributed by atoms with E-state index in [0.29, 0.717) is 17.1 Å². The topological polar surface area (TPSA) is 87.3 Å². The number of hydrogen-bond acceptors (Lipinski definition) is 3. The van der Waals surface area contributed by atoms with Gasteiger partial charge < -0.3 is 16.0 Å². The van der Waals surface area contributed by atoms with Gasteiger partial charge in [0.05, 0.1) is 11.4 Å². The van der Waals surface area contributed by atoms with E-state index < -0.39 is 0 Å². The molecule has 0 saturated carbocycles. The van der Waals surface area contributed by atoms with Crippen molar-refractivity contribution in [3.8, 4) is 0 Å². The van der Waals surface area contributed by atoms with Gasteiger partial charge in [0.1, 0.15) is 0 Å². The van der Waals surface area contributed by atoms with Crippen LogP contribution in [0.15, 0.2) is 18.2 Å². The maximum absolute atomic E-state index is 11.1. The molecule has 0 bridgehead atoms. The fourth-order valence-electron chi connectivity index (χ4n) is 1.42. The molecule has 0 atom stereocenters. The Morgan fingerprint density at radius 3 is 1.78 bits per heavy atom. The third kappa shape index (κ3) is 4.25. The van der Waals surface area contributed by atoms with Gasteiger partial charge in [-0.05, 0) is 18.2 Å². The zero-order chi connectivity index (χ0) is 13.7. The van der Waals surface area contributed by atoms with E-state index in [1.54, 1.807) is 18.2 Å². The molecule has 0 aliphatic rings. The van der Waals surface area contributed by atoms with Crippen molar-refractivity contribution in [2.75, 3.05) is 16.0 Å². The second-order valence-electron chi connectivity index (χ2n) is 3.80. The SMILES string of the molecule is CC(=O)Nc1ccc(NC(C)=O)c(NC(C)=O)c1. The van der Waals surface area contributed by atoms with Gasteiger partial charge in [0.15, 0.2) is 0 Å². The van der Waals surface area contributed by atoms with Crippen LogP contribution in [0.5, 0.6) is 0 Å². The van der Waals surface area contributed by atoms with Gasteiger partial charge in [-0.1, -0.05) is 0 Å². The van der Waals surface area contributed by atoms with E-state index in [9.17, 15) is 14.4 Å². The Balaban J connectivity index is 3.06. The lowest BCUT2D eigenvalue weighted by molar-refractivity contribution is -0.115. The molecular formula is C12H15N3O3. The Kier molecular flexibility index (Phi) is 4.42. The highest BCUT2D eigenvalue weighted by Gasteiger charge is 2.07. The molecule has 6 heteroatoms. The van der Waals surface area contributed by atoms with Gasteiger partial charge in [-0.3, -0.25) is 14.4 Å². The fraction of sp³-hybridized carbons (Fsp3) is 0.250. The van der Waals surface area contributed by atoms with Crippen molar-refractivity contribution in [1.29, 1.82) is 0 Å². The predicted molar refractivity (Wildman–Crippen MR) is 69.4 cm³/mol. The molecule has 6 nitrogen and oxygen atoms in total. The summed E-state index contributed by atoms with van der Waals surface area (Å²) in [5, 5.41) is 7.78. The average Bonchev–Trinajstić information content (AvgIpc) is 2.19. The predicted octanol–water partition coefficient (Wildman–Crippen LogP) is 1.56. The number of nitrogens with one attached hydrogen (secondary N) is 3. The lowest BCUT2D eigenvalue weighted by atomic mass is 10.2. The molecule has 0 heterocycles. The van der Waals surface area contributed by atoms with Gasteiger partial charge in [0.2, 0.25) is 17.7 Å². The zero-order valence-electron chi connectivity index (χ0n) is 10.5. The van der Waals surface area contributed by atoms with Crippen LogP contribution in [0.2, 0.25) is 0 Å². The smallest absolute Gasteiger partial charge is 0.221 e. The summed E-state index contributed by atoms with van der Waals surface area (Å²) in [6.07, 6.45) is 0. The largest absolute Gasteiger partial charge is 0.326 e. The van der Waals surface area contributed by atoms with Crippen molar-refractivity contribution in [2.45, 2.75) is 20.8 Å². The third-order valence-corrected chi connectivity index (χ3v) is 1.96. The molecule has 96 valence electrons. The molecule has 1 aromatic carbocycles. The molecule has 0 aliphatic heterocycles. The van der Waals surface area contributed by atoms with E-state index in [1.807, 2.05) is 0 Å². The first-order valence-corrected chi connectivity index (χ1v) is 5.35. The molecule has 1 rings (SSSR count). The first kappa shape index (κ1) is 13.7. The Bertz CT molecular complexity index is 497. The van der Waals surface area contributed by atoms with Gasteiger partial charge in [0, 0.05) is 26.5 Å². The standard InChI is InChI=1S/C12H15N3O3/c1-7(16)13-10-4-5-11(14-8(2)17)12(6-10)15-9(3)18/h4-6H,1-3H3,(H,13,16)(H,14,17)(H,15,18). The molecule has 0 aliphatic carbocycles.